The van der Waals surface area contributed by atoms with Gasteiger partial charge in [0.2, 0.25) is 0 Å². The highest BCUT2D eigenvalue weighted by molar-refractivity contribution is 5.81. The van der Waals surface area contributed by atoms with Gasteiger partial charge in [0.1, 0.15) is 5.54 Å². The number of hydrogen-bond donors (Lipinski definition) is 1. The maximum Gasteiger partial charge on any atom is 0.327 e. The minimum Gasteiger partial charge on any atom is -0.468 e. The third-order valence-corrected chi connectivity index (χ3v) is 3.01. The van der Waals surface area contributed by atoms with Gasteiger partial charge in [0, 0.05) is 12.6 Å². The second-order valence-corrected chi connectivity index (χ2v) is 4.07. The molecule has 2 unspecified atom stereocenters. The summed E-state index contributed by atoms with van der Waals surface area (Å²) >= 11 is 0. The van der Waals surface area contributed by atoms with Gasteiger partial charge in [0.25, 0.3) is 0 Å². The Morgan fingerprint density at radius 2 is 2.36 bits per heavy atom. The minimum absolute atomic E-state index is 0.143. The van der Waals surface area contributed by atoms with E-state index in [1.54, 1.807) is 0 Å². The van der Waals surface area contributed by atoms with Crippen molar-refractivity contribution < 1.29 is 9.53 Å². The van der Waals surface area contributed by atoms with Gasteiger partial charge in [-0.3, -0.25) is 4.79 Å². The van der Waals surface area contributed by atoms with E-state index < -0.39 is 5.54 Å². The molecule has 0 radical (unpaired) electrons. The van der Waals surface area contributed by atoms with Gasteiger partial charge in [-0.2, -0.15) is 0 Å². The summed E-state index contributed by atoms with van der Waals surface area (Å²) in [7, 11) is 3.48. The van der Waals surface area contributed by atoms with Crippen LogP contribution in [0.2, 0.25) is 0 Å². The standard InChI is InChI=1S/C10H20N2O2/c1-5-11-10(9(13)14-4)6-8(2)12(3)7-10/h8,11H,5-7H2,1-4H3. The first-order valence-electron chi connectivity index (χ1n) is 5.09. The molecule has 1 fully saturated rings. The van der Waals surface area contributed by atoms with Gasteiger partial charge in [-0.05, 0) is 26.9 Å². The molecule has 1 heterocycles. The highest BCUT2D eigenvalue weighted by atomic mass is 16.5. The highest BCUT2D eigenvalue weighted by Gasteiger charge is 2.46. The van der Waals surface area contributed by atoms with Crippen molar-refractivity contribution in [2.24, 2.45) is 0 Å². The molecular weight excluding hydrogens is 180 g/mol. The number of esters is 1. The van der Waals surface area contributed by atoms with Crippen molar-refractivity contribution in [2.75, 3.05) is 27.2 Å². The van der Waals surface area contributed by atoms with E-state index in [1.165, 1.54) is 7.11 Å². The predicted octanol–water partition coefficient (Wildman–Crippen LogP) is 0.232. The van der Waals surface area contributed by atoms with Crippen LogP contribution in [0.1, 0.15) is 20.3 Å². The van der Waals surface area contributed by atoms with Crippen LogP contribution < -0.4 is 5.32 Å². The molecule has 1 rings (SSSR count). The van der Waals surface area contributed by atoms with Crippen molar-refractivity contribution in [2.45, 2.75) is 31.8 Å². The molecule has 4 nitrogen and oxygen atoms in total. The molecule has 0 aromatic carbocycles. The molecule has 1 N–H and O–H groups in total. The fraction of sp³-hybridized carbons (Fsp3) is 0.900. The molecule has 4 heteroatoms. The van der Waals surface area contributed by atoms with Crippen LogP contribution in [0.4, 0.5) is 0 Å². The molecule has 14 heavy (non-hydrogen) atoms. The van der Waals surface area contributed by atoms with Crippen molar-refractivity contribution in [1.29, 1.82) is 0 Å². The Hall–Kier alpha value is -0.610. The van der Waals surface area contributed by atoms with Crippen LogP contribution >= 0.6 is 0 Å². The van der Waals surface area contributed by atoms with E-state index in [-0.39, 0.29) is 5.97 Å². The van der Waals surface area contributed by atoms with E-state index in [9.17, 15) is 4.79 Å². The zero-order valence-electron chi connectivity index (χ0n) is 9.46. The summed E-state index contributed by atoms with van der Waals surface area (Å²) in [6.45, 7) is 5.65. The Bertz CT molecular complexity index is 208. The summed E-state index contributed by atoms with van der Waals surface area (Å²) in [5.74, 6) is -0.143. The molecule has 1 aliphatic rings. The first-order valence-corrected chi connectivity index (χ1v) is 5.09. The second-order valence-electron chi connectivity index (χ2n) is 4.07. The highest BCUT2D eigenvalue weighted by Crippen LogP contribution is 2.26. The molecule has 0 bridgehead atoms. The van der Waals surface area contributed by atoms with Gasteiger partial charge in [-0.1, -0.05) is 6.92 Å². The van der Waals surface area contributed by atoms with E-state index in [4.69, 9.17) is 4.74 Å². The topological polar surface area (TPSA) is 41.6 Å². The number of hydrogen-bond acceptors (Lipinski definition) is 4. The van der Waals surface area contributed by atoms with E-state index >= 15 is 0 Å². The van der Waals surface area contributed by atoms with Crippen LogP contribution in [0.5, 0.6) is 0 Å². The van der Waals surface area contributed by atoms with Gasteiger partial charge >= 0.3 is 5.97 Å². The van der Waals surface area contributed by atoms with Crippen molar-refractivity contribution in [3.05, 3.63) is 0 Å². The van der Waals surface area contributed by atoms with Crippen LogP contribution in [0.15, 0.2) is 0 Å². The molecular formula is C10H20N2O2. The van der Waals surface area contributed by atoms with Crippen LogP contribution in [-0.4, -0.2) is 49.7 Å². The summed E-state index contributed by atoms with van der Waals surface area (Å²) in [5.41, 5.74) is -0.488. The first kappa shape index (κ1) is 11.5. The quantitative estimate of drug-likeness (QED) is 0.662. The number of methoxy groups -OCH3 is 1. The fourth-order valence-electron chi connectivity index (χ4n) is 2.19. The Morgan fingerprint density at radius 1 is 1.71 bits per heavy atom. The third-order valence-electron chi connectivity index (χ3n) is 3.01. The monoisotopic (exact) mass is 200 g/mol. The first-order chi connectivity index (χ1) is 6.55. The molecule has 0 spiro atoms. The molecule has 0 aromatic rings. The maximum absolute atomic E-state index is 11.7. The van der Waals surface area contributed by atoms with E-state index in [2.05, 4.69) is 17.1 Å². The number of likely N-dealkylation sites (N-methyl/N-ethyl adjacent to an activating group) is 2. The lowest BCUT2D eigenvalue weighted by Crippen LogP contribution is -2.54. The lowest BCUT2D eigenvalue weighted by molar-refractivity contribution is -0.148. The fourth-order valence-corrected chi connectivity index (χ4v) is 2.19. The predicted molar refractivity (Wildman–Crippen MR) is 55.1 cm³/mol. The lowest BCUT2D eigenvalue weighted by Gasteiger charge is -2.26. The summed E-state index contributed by atoms with van der Waals surface area (Å²) < 4.78 is 4.86. The third kappa shape index (κ3) is 1.91. The second kappa shape index (κ2) is 4.28. The number of carbonyl (C=O) groups is 1. The largest absolute Gasteiger partial charge is 0.468 e. The average Bonchev–Trinajstić information content (AvgIpc) is 2.43. The van der Waals surface area contributed by atoms with Crippen molar-refractivity contribution in [3.63, 3.8) is 0 Å². The summed E-state index contributed by atoms with van der Waals surface area (Å²) in [4.78, 5) is 13.9. The Balaban J connectivity index is 2.79. The van der Waals surface area contributed by atoms with Gasteiger partial charge in [0.15, 0.2) is 0 Å². The Kier molecular flexibility index (Phi) is 3.50. The number of nitrogens with zero attached hydrogens (tertiary/aromatic N) is 1. The minimum atomic E-state index is -0.488. The number of rotatable bonds is 3. The number of carbonyl (C=O) groups excluding carboxylic acids is 1. The zero-order chi connectivity index (χ0) is 10.8. The van der Waals surface area contributed by atoms with Crippen LogP contribution in [0.25, 0.3) is 0 Å². The average molecular weight is 200 g/mol. The molecule has 0 aliphatic carbocycles. The van der Waals surface area contributed by atoms with Crippen LogP contribution in [0, 0.1) is 0 Å². The molecule has 1 saturated heterocycles. The SMILES string of the molecule is CCNC1(C(=O)OC)CC(C)N(C)C1. The van der Waals surface area contributed by atoms with Gasteiger partial charge < -0.3 is 15.0 Å². The summed E-state index contributed by atoms with van der Waals surface area (Å²) in [6, 6.07) is 0.424. The van der Waals surface area contributed by atoms with E-state index in [0.29, 0.717) is 6.04 Å². The Morgan fingerprint density at radius 3 is 2.71 bits per heavy atom. The molecule has 0 amide bonds. The van der Waals surface area contributed by atoms with Crippen molar-refractivity contribution >= 4 is 5.97 Å². The van der Waals surface area contributed by atoms with E-state index in [0.717, 1.165) is 19.5 Å². The zero-order valence-corrected chi connectivity index (χ0v) is 9.46. The van der Waals surface area contributed by atoms with E-state index in [1.807, 2.05) is 14.0 Å². The molecule has 1 aliphatic heterocycles. The van der Waals surface area contributed by atoms with Gasteiger partial charge in [-0.25, -0.2) is 0 Å². The van der Waals surface area contributed by atoms with Crippen LogP contribution in [-0.2, 0) is 9.53 Å². The number of nitrogens with one attached hydrogen (secondary N) is 1. The van der Waals surface area contributed by atoms with Crippen molar-refractivity contribution in [1.82, 2.24) is 10.2 Å². The molecule has 0 aromatic heterocycles. The number of ether oxygens (including phenoxy) is 1. The Labute approximate surface area is 85.6 Å². The number of likely N-dealkylation sites (tertiary alicyclic amines) is 1. The maximum atomic E-state index is 11.7. The summed E-state index contributed by atoms with van der Waals surface area (Å²) in [5, 5.41) is 3.25. The summed E-state index contributed by atoms with van der Waals surface area (Å²) in [6.07, 6.45) is 0.823. The molecule has 82 valence electrons. The van der Waals surface area contributed by atoms with Crippen molar-refractivity contribution in [3.8, 4) is 0 Å². The lowest BCUT2D eigenvalue weighted by atomic mass is 9.96. The molecule has 2 atom stereocenters. The normalized spacial score (nSPS) is 33.3. The van der Waals surface area contributed by atoms with Gasteiger partial charge in [0.05, 0.1) is 7.11 Å². The smallest absolute Gasteiger partial charge is 0.327 e. The van der Waals surface area contributed by atoms with Crippen LogP contribution in [0.3, 0.4) is 0 Å². The van der Waals surface area contributed by atoms with Gasteiger partial charge in [-0.15, -0.1) is 0 Å². The molecule has 0 saturated carbocycles.